The molecule has 1 aliphatic heterocycles. The maximum absolute atomic E-state index is 12.5. The van der Waals surface area contributed by atoms with Gasteiger partial charge in [0.05, 0.1) is 17.9 Å². The Kier molecular flexibility index (Phi) is 9.08. The molecule has 1 aliphatic rings. The van der Waals surface area contributed by atoms with Gasteiger partial charge in [0, 0.05) is 39.1 Å². The predicted octanol–water partition coefficient (Wildman–Crippen LogP) is 4.21. The summed E-state index contributed by atoms with van der Waals surface area (Å²) in [7, 11) is 1.75. The molecule has 0 atom stereocenters. The molecule has 0 saturated carbocycles. The number of anilines is 2. The summed E-state index contributed by atoms with van der Waals surface area (Å²) in [6.45, 7) is 13.6. The van der Waals surface area contributed by atoms with Crippen LogP contribution in [0.1, 0.15) is 63.5 Å². The van der Waals surface area contributed by atoms with E-state index in [0.717, 1.165) is 43.8 Å². The first-order chi connectivity index (χ1) is 14.3. The van der Waals surface area contributed by atoms with Gasteiger partial charge in [0.2, 0.25) is 0 Å². The summed E-state index contributed by atoms with van der Waals surface area (Å²) in [6, 6.07) is 1.81. The van der Waals surface area contributed by atoms with Gasteiger partial charge < -0.3 is 25.1 Å². The first-order valence-corrected chi connectivity index (χ1v) is 11.1. The smallest absolute Gasteiger partial charge is 0.357 e. The van der Waals surface area contributed by atoms with Crippen molar-refractivity contribution in [1.29, 1.82) is 5.41 Å². The SMILES string of the molecule is CCOC(=O)c1cc(N2CCC(COC)CC2)c(C(=N)C(C)C)c(NCC(C)C)n1. The zero-order chi connectivity index (χ0) is 22.3. The molecule has 0 aromatic carbocycles. The van der Waals surface area contributed by atoms with Gasteiger partial charge >= 0.3 is 5.97 Å². The number of methoxy groups -OCH3 is 1. The molecule has 1 aromatic heterocycles. The van der Waals surface area contributed by atoms with E-state index in [0.29, 0.717) is 36.5 Å². The van der Waals surface area contributed by atoms with E-state index >= 15 is 0 Å². The fraction of sp³-hybridized carbons (Fsp3) is 0.696. The number of hydrogen-bond donors (Lipinski definition) is 2. The second-order valence-corrected chi connectivity index (χ2v) is 8.70. The van der Waals surface area contributed by atoms with Gasteiger partial charge in [0.1, 0.15) is 5.82 Å². The summed E-state index contributed by atoms with van der Waals surface area (Å²) in [5.41, 5.74) is 2.51. The van der Waals surface area contributed by atoms with E-state index in [9.17, 15) is 4.79 Å². The van der Waals surface area contributed by atoms with Gasteiger partial charge in [-0.05, 0) is 43.6 Å². The maximum Gasteiger partial charge on any atom is 0.357 e. The normalized spacial score (nSPS) is 15.0. The minimum Gasteiger partial charge on any atom is -0.461 e. The van der Waals surface area contributed by atoms with E-state index in [-0.39, 0.29) is 11.6 Å². The van der Waals surface area contributed by atoms with Gasteiger partial charge in [-0.1, -0.05) is 27.7 Å². The molecule has 0 aliphatic carbocycles. The molecule has 2 N–H and O–H groups in total. The molecule has 1 aromatic rings. The molecule has 0 unspecified atom stereocenters. The monoisotopic (exact) mass is 418 g/mol. The summed E-state index contributed by atoms with van der Waals surface area (Å²) < 4.78 is 10.6. The summed E-state index contributed by atoms with van der Waals surface area (Å²) >= 11 is 0. The molecule has 2 rings (SSSR count). The fourth-order valence-corrected chi connectivity index (χ4v) is 3.65. The Labute approximate surface area is 181 Å². The van der Waals surface area contributed by atoms with Crippen molar-refractivity contribution in [2.75, 3.05) is 50.2 Å². The molecule has 7 heteroatoms. The van der Waals surface area contributed by atoms with Crippen molar-refractivity contribution in [3.63, 3.8) is 0 Å². The number of piperidine rings is 1. The lowest BCUT2D eigenvalue weighted by atomic mass is 9.94. The lowest BCUT2D eigenvalue weighted by Gasteiger charge is -2.35. The Morgan fingerprint density at radius 2 is 1.97 bits per heavy atom. The lowest BCUT2D eigenvalue weighted by molar-refractivity contribution is 0.0519. The minimum absolute atomic E-state index is 0.0459. The number of esters is 1. The zero-order valence-corrected chi connectivity index (χ0v) is 19.4. The van der Waals surface area contributed by atoms with Crippen molar-refractivity contribution in [3.8, 4) is 0 Å². The van der Waals surface area contributed by atoms with Crippen molar-refractivity contribution >= 4 is 23.2 Å². The number of nitrogens with zero attached hydrogens (tertiary/aromatic N) is 2. The Hall–Kier alpha value is -2.15. The Morgan fingerprint density at radius 1 is 1.30 bits per heavy atom. The standard InChI is InChI=1S/C23H38N4O3/c1-7-30-23(28)18-12-19(27-10-8-17(9-11-27)14-29-6)20(21(24)16(4)5)22(26-18)25-13-15(2)3/h12,15-17,24H,7-11,13-14H2,1-6H3,(H,25,26). The van der Waals surface area contributed by atoms with E-state index in [2.05, 4.69) is 29.0 Å². The molecular formula is C23H38N4O3. The molecule has 0 bridgehead atoms. The number of carbonyl (C=O) groups is 1. The highest BCUT2D eigenvalue weighted by atomic mass is 16.5. The number of aromatic nitrogens is 1. The summed E-state index contributed by atoms with van der Waals surface area (Å²) in [5, 5.41) is 12.2. The van der Waals surface area contributed by atoms with E-state index in [1.807, 2.05) is 13.8 Å². The molecule has 0 amide bonds. The Bertz CT molecular complexity index is 725. The number of ether oxygens (including phenoxy) is 2. The van der Waals surface area contributed by atoms with Crippen LogP contribution in [0.15, 0.2) is 6.07 Å². The quantitative estimate of drug-likeness (QED) is 0.437. The highest BCUT2D eigenvalue weighted by Crippen LogP contribution is 2.33. The molecule has 7 nitrogen and oxygen atoms in total. The van der Waals surface area contributed by atoms with Crippen LogP contribution in [0.5, 0.6) is 0 Å². The summed E-state index contributed by atoms with van der Waals surface area (Å²) in [4.78, 5) is 19.4. The lowest BCUT2D eigenvalue weighted by Crippen LogP contribution is -2.36. The maximum atomic E-state index is 12.5. The van der Waals surface area contributed by atoms with E-state index in [1.54, 1.807) is 20.1 Å². The van der Waals surface area contributed by atoms with Crippen molar-refractivity contribution in [2.24, 2.45) is 17.8 Å². The number of hydrogen-bond acceptors (Lipinski definition) is 7. The molecule has 1 fully saturated rings. The Balaban J connectivity index is 2.51. The highest BCUT2D eigenvalue weighted by Gasteiger charge is 2.27. The van der Waals surface area contributed by atoms with Gasteiger partial charge in [-0.15, -0.1) is 0 Å². The van der Waals surface area contributed by atoms with Crippen LogP contribution in [-0.2, 0) is 9.47 Å². The summed E-state index contributed by atoms with van der Waals surface area (Å²) in [6.07, 6.45) is 2.04. The largest absolute Gasteiger partial charge is 0.461 e. The van der Waals surface area contributed by atoms with Gasteiger partial charge in [-0.25, -0.2) is 9.78 Å². The molecule has 1 saturated heterocycles. The third-order valence-corrected chi connectivity index (χ3v) is 5.37. The van der Waals surface area contributed by atoms with Crippen molar-refractivity contribution in [1.82, 2.24) is 4.98 Å². The number of carbonyl (C=O) groups excluding carboxylic acids is 1. The first kappa shape index (κ1) is 24.1. The van der Waals surface area contributed by atoms with E-state index in [1.165, 1.54) is 0 Å². The second kappa shape index (κ2) is 11.3. The van der Waals surface area contributed by atoms with Crippen LogP contribution < -0.4 is 10.2 Å². The molecule has 2 heterocycles. The minimum atomic E-state index is -0.428. The zero-order valence-electron chi connectivity index (χ0n) is 19.4. The van der Waals surface area contributed by atoms with Crippen LogP contribution in [0.25, 0.3) is 0 Å². The molecule has 0 spiro atoms. The average Bonchev–Trinajstić information content (AvgIpc) is 2.72. The van der Waals surface area contributed by atoms with E-state index in [4.69, 9.17) is 14.9 Å². The van der Waals surface area contributed by atoms with Crippen LogP contribution in [0.4, 0.5) is 11.5 Å². The first-order valence-electron chi connectivity index (χ1n) is 11.1. The van der Waals surface area contributed by atoms with Crippen LogP contribution in [-0.4, -0.2) is 56.6 Å². The number of nitrogens with one attached hydrogen (secondary N) is 2. The van der Waals surface area contributed by atoms with Crippen molar-refractivity contribution < 1.29 is 14.3 Å². The third kappa shape index (κ3) is 6.17. The van der Waals surface area contributed by atoms with Crippen LogP contribution in [0.3, 0.4) is 0 Å². The molecular weight excluding hydrogens is 380 g/mol. The van der Waals surface area contributed by atoms with Gasteiger partial charge in [0.15, 0.2) is 5.69 Å². The third-order valence-electron chi connectivity index (χ3n) is 5.37. The molecule has 30 heavy (non-hydrogen) atoms. The molecule has 168 valence electrons. The number of rotatable bonds is 10. The van der Waals surface area contributed by atoms with Gasteiger partial charge in [-0.3, -0.25) is 0 Å². The van der Waals surface area contributed by atoms with Crippen molar-refractivity contribution in [2.45, 2.75) is 47.5 Å². The predicted molar refractivity (Wildman–Crippen MR) is 122 cm³/mol. The second-order valence-electron chi connectivity index (χ2n) is 8.70. The highest BCUT2D eigenvalue weighted by molar-refractivity contribution is 6.09. The van der Waals surface area contributed by atoms with Gasteiger partial charge in [-0.2, -0.15) is 0 Å². The fourth-order valence-electron chi connectivity index (χ4n) is 3.65. The van der Waals surface area contributed by atoms with Gasteiger partial charge in [0.25, 0.3) is 0 Å². The number of pyridine rings is 1. The average molecular weight is 419 g/mol. The Morgan fingerprint density at radius 3 is 2.50 bits per heavy atom. The van der Waals surface area contributed by atoms with E-state index < -0.39 is 5.97 Å². The van der Waals surface area contributed by atoms with Crippen LogP contribution in [0.2, 0.25) is 0 Å². The molecule has 0 radical (unpaired) electrons. The van der Waals surface area contributed by atoms with Crippen molar-refractivity contribution in [3.05, 3.63) is 17.3 Å². The van der Waals surface area contributed by atoms with Crippen LogP contribution in [0, 0.1) is 23.2 Å². The topological polar surface area (TPSA) is 87.5 Å². The summed E-state index contributed by atoms with van der Waals surface area (Å²) in [5.74, 6) is 1.17. The van der Waals surface area contributed by atoms with Crippen LogP contribution >= 0.6 is 0 Å².